The Morgan fingerprint density at radius 1 is 1.14 bits per heavy atom. The van der Waals surface area contributed by atoms with Crippen molar-refractivity contribution in [3.63, 3.8) is 0 Å². The summed E-state index contributed by atoms with van der Waals surface area (Å²) in [6, 6.07) is 14.4. The fourth-order valence-corrected chi connectivity index (χ4v) is 4.94. The van der Waals surface area contributed by atoms with E-state index >= 15 is 0 Å². The SMILES string of the molecule is CCOc1ccc(-c2noc(C[N+]3=C4C=CSC4C(=O)N(Cc4ccccc4)C3=O)n2)cc1OC. The van der Waals surface area contributed by atoms with Gasteiger partial charge in [0.15, 0.2) is 23.3 Å². The molecule has 1 aromatic heterocycles. The topological polar surface area (TPSA) is 97.8 Å². The first-order valence-corrected chi connectivity index (χ1v) is 12.0. The molecule has 0 aliphatic carbocycles. The van der Waals surface area contributed by atoms with Crippen molar-refractivity contribution in [2.75, 3.05) is 13.7 Å². The van der Waals surface area contributed by atoms with Crippen LogP contribution in [0.3, 0.4) is 0 Å². The van der Waals surface area contributed by atoms with Crippen LogP contribution in [0.25, 0.3) is 11.4 Å². The highest BCUT2D eigenvalue weighted by molar-refractivity contribution is 8.04. The summed E-state index contributed by atoms with van der Waals surface area (Å²) in [5.74, 6) is 1.57. The van der Waals surface area contributed by atoms with Crippen LogP contribution in [0.2, 0.25) is 0 Å². The van der Waals surface area contributed by atoms with Gasteiger partial charge in [-0.2, -0.15) is 19.3 Å². The number of urea groups is 1. The van der Waals surface area contributed by atoms with Crippen LogP contribution in [0.5, 0.6) is 11.5 Å². The van der Waals surface area contributed by atoms with Gasteiger partial charge in [-0.3, -0.25) is 0 Å². The maximum Gasteiger partial charge on any atom is 0.501 e. The van der Waals surface area contributed by atoms with Crippen molar-refractivity contribution in [1.29, 1.82) is 0 Å². The predicted octanol–water partition coefficient (Wildman–Crippen LogP) is 3.89. The number of methoxy groups -OCH3 is 1. The molecule has 0 fully saturated rings. The van der Waals surface area contributed by atoms with Crippen molar-refractivity contribution in [2.45, 2.75) is 25.3 Å². The van der Waals surface area contributed by atoms with E-state index in [0.717, 1.165) is 5.56 Å². The molecule has 2 aliphatic rings. The Morgan fingerprint density at radius 2 is 1.97 bits per heavy atom. The number of carbonyl (C=O) groups excluding carboxylic acids is 2. The zero-order valence-corrected chi connectivity index (χ0v) is 20.0. The minimum atomic E-state index is -0.478. The van der Waals surface area contributed by atoms with E-state index in [2.05, 4.69) is 10.1 Å². The first kappa shape index (κ1) is 22.9. The van der Waals surface area contributed by atoms with E-state index in [0.29, 0.717) is 35.2 Å². The molecule has 35 heavy (non-hydrogen) atoms. The average Bonchev–Trinajstić information content (AvgIpc) is 3.56. The lowest BCUT2D eigenvalue weighted by atomic mass is 10.1. The minimum Gasteiger partial charge on any atom is -0.493 e. The number of hydrogen-bond acceptors (Lipinski definition) is 8. The van der Waals surface area contributed by atoms with Crippen molar-refractivity contribution in [3.8, 4) is 22.9 Å². The number of imide groups is 1. The summed E-state index contributed by atoms with van der Waals surface area (Å²) in [4.78, 5) is 32.2. The zero-order valence-electron chi connectivity index (χ0n) is 19.2. The van der Waals surface area contributed by atoms with Gasteiger partial charge < -0.3 is 14.0 Å². The lowest BCUT2D eigenvalue weighted by molar-refractivity contribution is -0.458. The average molecular weight is 492 g/mol. The van der Waals surface area contributed by atoms with Crippen LogP contribution in [0.4, 0.5) is 4.79 Å². The number of nitrogens with zero attached hydrogens (tertiary/aromatic N) is 4. The van der Waals surface area contributed by atoms with Crippen molar-refractivity contribution in [2.24, 2.45) is 0 Å². The first-order valence-electron chi connectivity index (χ1n) is 11.1. The molecule has 0 saturated carbocycles. The number of amides is 3. The molecule has 2 aliphatic heterocycles. The van der Waals surface area contributed by atoms with E-state index in [1.807, 2.05) is 48.7 Å². The van der Waals surface area contributed by atoms with E-state index < -0.39 is 11.3 Å². The molecule has 0 spiro atoms. The van der Waals surface area contributed by atoms with E-state index in [1.54, 1.807) is 25.3 Å². The Hall–Kier alpha value is -3.92. The summed E-state index contributed by atoms with van der Waals surface area (Å²) in [5.41, 5.74) is 2.18. The second kappa shape index (κ2) is 9.75. The molecule has 1 atom stereocenters. The van der Waals surface area contributed by atoms with Crippen molar-refractivity contribution < 1.29 is 28.2 Å². The van der Waals surface area contributed by atoms with Crippen LogP contribution in [-0.2, 0) is 17.9 Å². The molecule has 3 aromatic rings. The fourth-order valence-electron chi connectivity index (χ4n) is 3.98. The van der Waals surface area contributed by atoms with Gasteiger partial charge in [0.25, 0.3) is 5.89 Å². The molecular formula is C25H23N4O5S+. The van der Waals surface area contributed by atoms with Gasteiger partial charge in [-0.15, -0.1) is 11.8 Å². The van der Waals surface area contributed by atoms with E-state index in [4.69, 9.17) is 14.0 Å². The number of aromatic nitrogens is 2. The number of carbonyl (C=O) groups is 2. The van der Waals surface area contributed by atoms with Gasteiger partial charge in [-0.1, -0.05) is 35.5 Å². The van der Waals surface area contributed by atoms with Crippen LogP contribution in [0, 0.1) is 0 Å². The number of benzene rings is 2. The highest BCUT2D eigenvalue weighted by Crippen LogP contribution is 2.32. The van der Waals surface area contributed by atoms with Crippen molar-refractivity contribution in [1.82, 2.24) is 15.0 Å². The van der Waals surface area contributed by atoms with Gasteiger partial charge in [0.2, 0.25) is 5.82 Å². The Morgan fingerprint density at radius 3 is 2.74 bits per heavy atom. The van der Waals surface area contributed by atoms with Gasteiger partial charge in [0.1, 0.15) is 12.3 Å². The third kappa shape index (κ3) is 4.44. The highest BCUT2D eigenvalue weighted by Gasteiger charge is 2.49. The number of hydrogen-bond donors (Lipinski definition) is 0. The summed E-state index contributed by atoms with van der Waals surface area (Å²) in [5, 5.41) is 5.43. The smallest absolute Gasteiger partial charge is 0.493 e. The number of allylic oxidation sites excluding steroid dienone is 1. The molecular weight excluding hydrogens is 468 g/mol. The number of rotatable bonds is 8. The molecule has 9 nitrogen and oxygen atoms in total. The van der Waals surface area contributed by atoms with Gasteiger partial charge in [-0.05, 0) is 42.2 Å². The molecule has 2 aromatic carbocycles. The lowest BCUT2D eigenvalue weighted by Gasteiger charge is -2.23. The van der Waals surface area contributed by atoms with Crippen LogP contribution in [0.1, 0.15) is 18.4 Å². The van der Waals surface area contributed by atoms with Crippen LogP contribution < -0.4 is 9.47 Å². The van der Waals surface area contributed by atoms with Crippen LogP contribution in [0.15, 0.2) is 64.5 Å². The maximum atomic E-state index is 13.4. The molecule has 10 heteroatoms. The molecule has 1 unspecified atom stereocenters. The first-order chi connectivity index (χ1) is 17.1. The highest BCUT2D eigenvalue weighted by atomic mass is 32.2. The molecule has 5 rings (SSSR count). The molecule has 178 valence electrons. The Kier molecular flexibility index (Phi) is 6.37. The normalized spacial score (nSPS) is 17.2. The quantitative estimate of drug-likeness (QED) is 0.438. The van der Waals surface area contributed by atoms with Gasteiger partial charge in [-0.25, -0.2) is 4.79 Å². The fraction of sp³-hybridized carbons (Fsp3) is 0.240. The van der Waals surface area contributed by atoms with Crippen LogP contribution >= 0.6 is 11.8 Å². The molecule has 0 bridgehead atoms. The second-order valence-electron chi connectivity index (χ2n) is 7.83. The van der Waals surface area contributed by atoms with Gasteiger partial charge in [0.05, 0.1) is 13.7 Å². The largest absolute Gasteiger partial charge is 0.501 e. The lowest BCUT2D eigenvalue weighted by Crippen LogP contribution is -2.54. The summed E-state index contributed by atoms with van der Waals surface area (Å²) in [7, 11) is 1.56. The van der Waals surface area contributed by atoms with E-state index in [9.17, 15) is 9.59 Å². The predicted molar refractivity (Wildman–Crippen MR) is 129 cm³/mol. The van der Waals surface area contributed by atoms with Crippen molar-refractivity contribution >= 4 is 29.4 Å². The summed E-state index contributed by atoms with van der Waals surface area (Å²) >= 11 is 1.38. The van der Waals surface area contributed by atoms with E-state index in [1.165, 1.54) is 21.2 Å². The third-order valence-corrected chi connectivity index (χ3v) is 6.66. The van der Waals surface area contributed by atoms with Gasteiger partial charge in [0, 0.05) is 5.56 Å². The second-order valence-corrected chi connectivity index (χ2v) is 8.85. The van der Waals surface area contributed by atoms with Gasteiger partial charge >= 0.3 is 11.9 Å². The summed E-state index contributed by atoms with van der Waals surface area (Å²) in [6.45, 7) is 2.66. The zero-order chi connectivity index (χ0) is 24.4. The van der Waals surface area contributed by atoms with Crippen molar-refractivity contribution in [3.05, 3.63) is 71.5 Å². The Balaban J connectivity index is 1.41. The molecule has 0 N–H and O–H groups in total. The number of thioether (sulfide) groups is 1. The van der Waals surface area contributed by atoms with E-state index in [-0.39, 0.29) is 24.9 Å². The Bertz CT molecular complexity index is 1330. The monoisotopic (exact) mass is 491 g/mol. The summed E-state index contributed by atoms with van der Waals surface area (Å²) in [6.07, 6.45) is 1.79. The molecule has 3 heterocycles. The van der Waals surface area contributed by atoms with Crippen LogP contribution in [-0.4, -0.2) is 56.2 Å². The summed E-state index contributed by atoms with van der Waals surface area (Å²) < 4.78 is 18.0. The third-order valence-electron chi connectivity index (χ3n) is 5.65. The maximum absolute atomic E-state index is 13.4. The Labute approximate surface area is 206 Å². The number of ether oxygens (including phenoxy) is 2. The molecule has 3 amide bonds. The minimum absolute atomic E-state index is 0.0509. The molecule has 0 radical (unpaired) electrons. The number of fused-ring (bicyclic) bond motifs is 1. The standard InChI is InChI=1S/C25H23N4O5S/c1-3-33-19-10-9-17(13-20(19)32-2)23-26-21(34-27-23)15-28-18-11-12-35-22(18)24(30)29(25(28)31)14-16-7-5-4-6-8-16/h4-13,22H,3,14-15H2,1-2H3/q+1. The molecule has 0 saturated heterocycles.